The highest BCUT2D eigenvalue weighted by Gasteiger charge is 2.18. The van der Waals surface area contributed by atoms with E-state index in [1.165, 1.54) is 19.3 Å². The second kappa shape index (κ2) is 9.10. The molecule has 0 bridgehead atoms. The molecule has 1 heterocycles. The molecule has 10 heteroatoms. The summed E-state index contributed by atoms with van der Waals surface area (Å²) in [6.45, 7) is 0.204. The number of benzene rings is 2. The fourth-order valence-corrected chi connectivity index (χ4v) is 2.85. The molecule has 1 aromatic heterocycles. The zero-order valence-corrected chi connectivity index (χ0v) is 16.4. The van der Waals surface area contributed by atoms with Gasteiger partial charge in [0.25, 0.3) is 0 Å². The first kappa shape index (κ1) is 20.9. The van der Waals surface area contributed by atoms with E-state index in [4.69, 9.17) is 21.1 Å². The lowest BCUT2D eigenvalue weighted by atomic mass is 10.1. The van der Waals surface area contributed by atoms with Gasteiger partial charge in [-0.15, -0.1) is 0 Å². The SMILES string of the molecule is COc1ccc(/C=C/c2[nH]c(=O)[nH]c(=O)c2[N+](=O)[O-])cc1OCc1ccccc1Cl. The van der Waals surface area contributed by atoms with E-state index in [-0.39, 0.29) is 12.3 Å². The lowest BCUT2D eigenvalue weighted by Crippen LogP contribution is -2.25. The number of aromatic amines is 2. The minimum absolute atomic E-state index is 0.204. The Hall–Kier alpha value is -3.85. The van der Waals surface area contributed by atoms with Crippen LogP contribution in [0.25, 0.3) is 12.2 Å². The van der Waals surface area contributed by atoms with E-state index < -0.39 is 21.9 Å². The molecule has 0 atom stereocenters. The molecule has 0 saturated heterocycles. The van der Waals surface area contributed by atoms with Crippen molar-refractivity contribution < 1.29 is 14.4 Å². The minimum atomic E-state index is -1.08. The molecule has 0 aliphatic carbocycles. The second-order valence-electron chi connectivity index (χ2n) is 6.05. The van der Waals surface area contributed by atoms with Gasteiger partial charge in [-0.05, 0) is 29.8 Å². The van der Waals surface area contributed by atoms with Gasteiger partial charge in [0.2, 0.25) is 0 Å². The maximum Gasteiger partial charge on any atom is 0.357 e. The maximum absolute atomic E-state index is 11.7. The van der Waals surface area contributed by atoms with Crippen LogP contribution in [0.15, 0.2) is 52.1 Å². The third-order valence-corrected chi connectivity index (χ3v) is 4.47. The molecule has 2 N–H and O–H groups in total. The molecule has 0 fully saturated rings. The first-order valence-electron chi connectivity index (χ1n) is 8.62. The van der Waals surface area contributed by atoms with E-state index in [9.17, 15) is 19.7 Å². The van der Waals surface area contributed by atoms with Gasteiger partial charge in [0.15, 0.2) is 11.5 Å². The summed E-state index contributed by atoms with van der Waals surface area (Å²) in [6, 6.07) is 12.3. The van der Waals surface area contributed by atoms with Crippen LogP contribution in [0.5, 0.6) is 11.5 Å². The summed E-state index contributed by atoms with van der Waals surface area (Å²) >= 11 is 6.14. The molecule has 2 aromatic carbocycles. The number of nitro groups is 1. The van der Waals surface area contributed by atoms with E-state index >= 15 is 0 Å². The Bertz CT molecular complexity index is 1230. The molecule has 0 saturated carbocycles. The van der Waals surface area contributed by atoms with Crippen LogP contribution >= 0.6 is 11.6 Å². The van der Waals surface area contributed by atoms with Gasteiger partial charge in [-0.2, -0.15) is 0 Å². The van der Waals surface area contributed by atoms with Crippen LogP contribution in [-0.2, 0) is 6.61 Å². The monoisotopic (exact) mass is 429 g/mol. The number of ether oxygens (including phenoxy) is 2. The molecule has 0 unspecified atom stereocenters. The average Bonchev–Trinajstić information content (AvgIpc) is 2.71. The molecule has 154 valence electrons. The van der Waals surface area contributed by atoms with Crippen LogP contribution in [0.1, 0.15) is 16.8 Å². The molecule has 3 aromatic rings. The smallest absolute Gasteiger partial charge is 0.357 e. The van der Waals surface area contributed by atoms with E-state index in [0.29, 0.717) is 22.1 Å². The quantitative estimate of drug-likeness (QED) is 0.437. The second-order valence-corrected chi connectivity index (χ2v) is 6.46. The summed E-state index contributed by atoms with van der Waals surface area (Å²) in [7, 11) is 1.50. The first-order chi connectivity index (χ1) is 14.4. The number of methoxy groups -OCH3 is 1. The van der Waals surface area contributed by atoms with Crippen molar-refractivity contribution in [3.8, 4) is 11.5 Å². The van der Waals surface area contributed by atoms with Gasteiger partial charge >= 0.3 is 16.9 Å². The van der Waals surface area contributed by atoms with Crippen LogP contribution in [0, 0.1) is 10.1 Å². The summed E-state index contributed by atoms with van der Waals surface area (Å²) in [5.74, 6) is 0.906. The Balaban J connectivity index is 1.90. The molecular weight excluding hydrogens is 414 g/mol. The first-order valence-corrected chi connectivity index (χ1v) is 9.00. The highest BCUT2D eigenvalue weighted by molar-refractivity contribution is 6.31. The van der Waals surface area contributed by atoms with Crippen molar-refractivity contribution in [3.05, 3.63) is 95.3 Å². The van der Waals surface area contributed by atoms with Crippen molar-refractivity contribution in [1.82, 2.24) is 9.97 Å². The van der Waals surface area contributed by atoms with Gasteiger partial charge in [-0.1, -0.05) is 41.9 Å². The van der Waals surface area contributed by atoms with Crippen molar-refractivity contribution >= 4 is 29.4 Å². The van der Waals surface area contributed by atoms with E-state index in [1.54, 1.807) is 24.3 Å². The molecule has 0 radical (unpaired) electrons. The van der Waals surface area contributed by atoms with Crippen LogP contribution in [0.4, 0.5) is 5.69 Å². The highest BCUT2D eigenvalue weighted by Crippen LogP contribution is 2.30. The predicted octanol–water partition coefficient (Wildman–Crippen LogP) is 3.38. The van der Waals surface area contributed by atoms with Crippen molar-refractivity contribution in [2.24, 2.45) is 0 Å². The Morgan fingerprint density at radius 3 is 2.57 bits per heavy atom. The Morgan fingerprint density at radius 2 is 1.87 bits per heavy atom. The molecular formula is C20H16ClN3O6. The third-order valence-electron chi connectivity index (χ3n) is 4.10. The average molecular weight is 430 g/mol. The Labute approximate surface area is 174 Å². The summed E-state index contributed by atoms with van der Waals surface area (Å²) in [6.07, 6.45) is 2.77. The number of H-pyrrole nitrogens is 2. The van der Waals surface area contributed by atoms with Crippen LogP contribution in [-0.4, -0.2) is 22.0 Å². The third kappa shape index (κ3) is 4.76. The van der Waals surface area contributed by atoms with Gasteiger partial charge in [-0.25, -0.2) is 4.79 Å². The number of aromatic nitrogens is 2. The van der Waals surface area contributed by atoms with Crippen molar-refractivity contribution in [2.75, 3.05) is 7.11 Å². The number of hydrogen-bond donors (Lipinski definition) is 2. The summed E-state index contributed by atoms with van der Waals surface area (Å²) in [4.78, 5) is 37.5. The number of rotatable bonds is 7. The molecule has 0 aliphatic rings. The van der Waals surface area contributed by atoms with E-state index in [0.717, 1.165) is 5.56 Å². The lowest BCUT2D eigenvalue weighted by Gasteiger charge is -2.12. The minimum Gasteiger partial charge on any atom is -0.493 e. The van der Waals surface area contributed by atoms with Crippen molar-refractivity contribution in [1.29, 1.82) is 0 Å². The van der Waals surface area contributed by atoms with Gasteiger partial charge in [0, 0.05) is 10.6 Å². The molecule has 9 nitrogen and oxygen atoms in total. The van der Waals surface area contributed by atoms with Crippen LogP contribution in [0.2, 0.25) is 5.02 Å². The van der Waals surface area contributed by atoms with Gasteiger partial charge < -0.3 is 14.5 Å². The van der Waals surface area contributed by atoms with Gasteiger partial charge in [-0.3, -0.25) is 19.9 Å². The molecule has 3 rings (SSSR count). The topological polar surface area (TPSA) is 127 Å². The lowest BCUT2D eigenvalue weighted by molar-refractivity contribution is -0.386. The Kier molecular flexibility index (Phi) is 6.33. The summed E-state index contributed by atoms with van der Waals surface area (Å²) in [5, 5.41) is 11.7. The molecule has 0 amide bonds. The van der Waals surface area contributed by atoms with Gasteiger partial charge in [0.1, 0.15) is 12.3 Å². The number of nitrogens with one attached hydrogen (secondary N) is 2. The maximum atomic E-state index is 11.7. The fourth-order valence-electron chi connectivity index (χ4n) is 2.66. The number of halogens is 1. The molecule has 0 spiro atoms. The van der Waals surface area contributed by atoms with Gasteiger partial charge in [0.05, 0.1) is 12.0 Å². The largest absolute Gasteiger partial charge is 0.493 e. The van der Waals surface area contributed by atoms with E-state index in [1.807, 2.05) is 23.2 Å². The fraction of sp³-hybridized carbons (Fsp3) is 0.100. The molecule has 0 aliphatic heterocycles. The normalized spacial score (nSPS) is 10.9. The predicted molar refractivity (Wildman–Crippen MR) is 112 cm³/mol. The summed E-state index contributed by atoms with van der Waals surface area (Å²) in [5.41, 5.74) is -1.51. The van der Waals surface area contributed by atoms with Crippen molar-refractivity contribution in [2.45, 2.75) is 6.61 Å². The zero-order chi connectivity index (χ0) is 21.7. The standard InChI is InChI=1S/C20H16ClN3O6/c1-29-16-9-7-12(10-17(16)30-11-13-4-2-3-5-14(13)21)6-8-15-18(24(27)28)19(25)23-20(26)22-15/h2-10H,11H2,1H3,(H2,22,23,25,26)/b8-6+. The zero-order valence-electron chi connectivity index (χ0n) is 15.7. The number of nitrogens with zero attached hydrogens (tertiary/aromatic N) is 1. The molecule has 30 heavy (non-hydrogen) atoms. The summed E-state index contributed by atoms with van der Waals surface area (Å²) < 4.78 is 11.1. The van der Waals surface area contributed by atoms with Crippen LogP contribution in [0.3, 0.4) is 0 Å². The van der Waals surface area contributed by atoms with Crippen molar-refractivity contribution in [3.63, 3.8) is 0 Å². The van der Waals surface area contributed by atoms with Crippen LogP contribution < -0.4 is 20.7 Å². The highest BCUT2D eigenvalue weighted by atomic mass is 35.5. The number of hydrogen-bond acceptors (Lipinski definition) is 6. The van der Waals surface area contributed by atoms with E-state index in [2.05, 4.69) is 4.98 Å². The Morgan fingerprint density at radius 1 is 1.10 bits per heavy atom.